The number of rotatable bonds is 4. The van der Waals surface area contributed by atoms with Crippen LogP contribution in [0.5, 0.6) is 0 Å². The third-order valence-electron chi connectivity index (χ3n) is 3.89. The van der Waals surface area contributed by atoms with E-state index in [1.54, 1.807) is 6.07 Å². The molecule has 5 nitrogen and oxygen atoms in total. The molecule has 3 N–H and O–H groups in total. The average Bonchev–Trinajstić information content (AvgIpc) is 2.91. The van der Waals surface area contributed by atoms with Crippen molar-refractivity contribution >= 4 is 15.9 Å². The lowest BCUT2D eigenvalue weighted by Gasteiger charge is -2.20. The first-order valence-corrected chi connectivity index (χ1v) is 8.36. The highest BCUT2D eigenvalue weighted by Crippen LogP contribution is 2.27. The molecule has 1 atom stereocenters. The number of primary sulfonamides is 1. The number of hydrogen-bond acceptors (Lipinski definition) is 3. The van der Waals surface area contributed by atoms with Crippen LogP contribution in [0.4, 0.5) is 0 Å². The molecular weight excluding hydrogens is 276 g/mol. The lowest BCUT2D eigenvalue weighted by Crippen LogP contribution is -2.37. The molecule has 110 valence electrons. The van der Waals surface area contributed by atoms with E-state index in [1.807, 2.05) is 6.92 Å². The van der Waals surface area contributed by atoms with E-state index in [2.05, 4.69) is 5.32 Å². The largest absolute Gasteiger partial charge is 0.349 e. The molecule has 1 aromatic carbocycles. The van der Waals surface area contributed by atoms with E-state index in [-0.39, 0.29) is 16.8 Å². The minimum absolute atomic E-state index is 0.0429. The summed E-state index contributed by atoms with van der Waals surface area (Å²) in [6.45, 7) is 2.00. The molecule has 2 rings (SSSR count). The highest BCUT2D eigenvalue weighted by molar-refractivity contribution is 7.89. The van der Waals surface area contributed by atoms with Crippen LogP contribution in [0.1, 0.15) is 43.0 Å². The maximum atomic E-state index is 12.1. The Kier molecular flexibility index (Phi) is 4.45. The average molecular weight is 296 g/mol. The fourth-order valence-corrected chi connectivity index (χ4v) is 3.24. The van der Waals surface area contributed by atoms with Crippen LogP contribution >= 0.6 is 0 Å². The minimum atomic E-state index is -3.78. The molecule has 1 amide bonds. The number of carbonyl (C=O) groups excluding carboxylic acids is 1. The Hall–Kier alpha value is -1.40. The molecule has 0 aliphatic heterocycles. The van der Waals surface area contributed by atoms with Gasteiger partial charge in [0, 0.05) is 11.6 Å². The lowest BCUT2D eigenvalue weighted by atomic mass is 9.99. The molecule has 0 saturated heterocycles. The summed E-state index contributed by atoms with van der Waals surface area (Å²) < 4.78 is 22.6. The van der Waals surface area contributed by atoms with Crippen LogP contribution in [0, 0.1) is 5.92 Å². The summed E-state index contributed by atoms with van der Waals surface area (Å²) in [6, 6.07) is 5.90. The molecule has 0 heterocycles. The van der Waals surface area contributed by atoms with Gasteiger partial charge >= 0.3 is 0 Å². The Morgan fingerprint density at radius 1 is 1.35 bits per heavy atom. The van der Waals surface area contributed by atoms with Crippen LogP contribution in [-0.4, -0.2) is 20.4 Å². The second-order valence-electron chi connectivity index (χ2n) is 5.38. The molecule has 1 aliphatic carbocycles. The highest BCUT2D eigenvalue weighted by atomic mass is 32.2. The standard InChI is InChI=1S/C14H20N2O3S/c1-10(11-5-2-3-6-11)16-14(17)12-7-4-8-13(9-12)20(15,18)19/h4,7-11H,2-3,5-6H2,1H3,(H,16,17)(H2,15,18,19). The highest BCUT2D eigenvalue weighted by Gasteiger charge is 2.23. The third-order valence-corrected chi connectivity index (χ3v) is 4.80. The number of amides is 1. The number of nitrogens with two attached hydrogens (primary N) is 1. The molecule has 6 heteroatoms. The first kappa shape index (κ1) is 15.0. The zero-order chi connectivity index (χ0) is 14.8. The molecule has 0 aromatic heterocycles. The number of nitrogens with one attached hydrogen (secondary N) is 1. The molecule has 0 bridgehead atoms. The molecule has 0 radical (unpaired) electrons. The second-order valence-corrected chi connectivity index (χ2v) is 6.94. The Morgan fingerprint density at radius 2 is 2.00 bits per heavy atom. The normalized spacial score (nSPS) is 17.9. The van der Waals surface area contributed by atoms with Crippen molar-refractivity contribution in [1.29, 1.82) is 0 Å². The van der Waals surface area contributed by atoms with Crippen LogP contribution in [0.25, 0.3) is 0 Å². The topological polar surface area (TPSA) is 89.3 Å². The van der Waals surface area contributed by atoms with E-state index >= 15 is 0 Å². The number of sulfonamides is 1. The van der Waals surface area contributed by atoms with E-state index in [4.69, 9.17) is 5.14 Å². The van der Waals surface area contributed by atoms with Gasteiger partial charge in [0.25, 0.3) is 5.91 Å². The maximum absolute atomic E-state index is 12.1. The summed E-state index contributed by atoms with van der Waals surface area (Å²) in [6.07, 6.45) is 4.70. The Morgan fingerprint density at radius 3 is 2.60 bits per heavy atom. The monoisotopic (exact) mass is 296 g/mol. The molecule has 0 spiro atoms. The number of benzene rings is 1. The van der Waals surface area contributed by atoms with Gasteiger partial charge in [-0.1, -0.05) is 18.9 Å². The van der Waals surface area contributed by atoms with Crippen molar-refractivity contribution in [3.8, 4) is 0 Å². The van der Waals surface area contributed by atoms with Crippen molar-refractivity contribution in [2.45, 2.75) is 43.5 Å². The van der Waals surface area contributed by atoms with E-state index in [0.717, 1.165) is 12.8 Å². The minimum Gasteiger partial charge on any atom is -0.349 e. The summed E-state index contributed by atoms with van der Waals surface area (Å²) in [5, 5.41) is 8.01. The summed E-state index contributed by atoms with van der Waals surface area (Å²) >= 11 is 0. The van der Waals surface area contributed by atoms with Crippen molar-refractivity contribution in [3.63, 3.8) is 0 Å². The summed E-state index contributed by atoms with van der Waals surface area (Å²) in [5.74, 6) is 0.260. The zero-order valence-corrected chi connectivity index (χ0v) is 12.3. The van der Waals surface area contributed by atoms with E-state index in [0.29, 0.717) is 11.5 Å². The molecule has 20 heavy (non-hydrogen) atoms. The van der Waals surface area contributed by atoms with E-state index in [9.17, 15) is 13.2 Å². The molecule has 1 saturated carbocycles. The molecular formula is C14H20N2O3S. The fourth-order valence-electron chi connectivity index (χ4n) is 2.68. The van der Waals surface area contributed by atoms with Crippen LogP contribution in [0.15, 0.2) is 29.2 Å². The van der Waals surface area contributed by atoms with Gasteiger partial charge in [-0.15, -0.1) is 0 Å². The van der Waals surface area contributed by atoms with Crippen molar-refractivity contribution in [2.24, 2.45) is 11.1 Å². The van der Waals surface area contributed by atoms with Crippen LogP contribution < -0.4 is 10.5 Å². The van der Waals surface area contributed by atoms with Crippen molar-refractivity contribution < 1.29 is 13.2 Å². The van der Waals surface area contributed by atoms with E-state index < -0.39 is 10.0 Å². The number of carbonyl (C=O) groups is 1. The summed E-state index contributed by atoms with van der Waals surface area (Å²) in [5.41, 5.74) is 0.321. The molecule has 1 aliphatic rings. The maximum Gasteiger partial charge on any atom is 0.251 e. The van der Waals surface area contributed by atoms with Gasteiger partial charge in [-0.05, 0) is 43.9 Å². The van der Waals surface area contributed by atoms with Gasteiger partial charge in [0.15, 0.2) is 0 Å². The molecule has 1 unspecified atom stereocenters. The first-order valence-electron chi connectivity index (χ1n) is 6.81. The predicted molar refractivity (Wildman–Crippen MR) is 76.7 cm³/mol. The number of hydrogen-bond donors (Lipinski definition) is 2. The first-order chi connectivity index (χ1) is 9.38. The van der Waals surface area contributed by atoms with Crippen molar-refractivity contribution in [3.05, 3.63) is 29.8 Å². The second kappa shape index (κ2) is 5.93. The van der Waals surface area contributed by atoms with Gasteiger partial charge in [-0.2, -0.15) is 0 Å². The van der Waals surface area contributed by atoms with Gasteiger partial charge in [-0.3, -0.25) is 4.79 Å². The fraction of sp³-hybridized carbons (Fsp3) is 0.500. The van der Waals surface area contributed by atoms with E-state index in [1.165, 1.54) is 31.0 Å². The van der Waals surface area contributed by atoms with Gasteiger partial charge in [0.1, 0.15) is 0 Å². The van der Waals surface area contributed by atoms with Gasteiger partial charge in [0.2, 0.25) is 10.0 Å². The predicted octanol–water partition coefficient (Wildman–Crippen LogP) is 1.64. The third kappa shape index (κ3) is 3.58. The summed E-state index contributed by atoms with van der Waals surface area (Å²) in [7, 11) is -3.78. The van der Waals surface area contributed by atoms with Crippen LogP contribution in [0.2, 0.25) is 0 Å². The SMILES string of the molecule is CC(NC(=O)c1cccc(S(N)(=O)=O)c1)C1CCCC1. The lowest BCUT2D eigenvalue weighted by molar-refractivity contribution is 0.0927. The van der Waals surface area contributed by atoms with Gasteiger partial charge in [0.05, 0.1) is 4.90 Å². The Labute approximate surface area is 119 Å². The van der Waals surface area contributed by atoms with Crippen LogP contribution in [-0.2, 0) is 10.0 Å². The zero-order valence-electron chi connectivity index (χ0n) is 11.5. The Balaban J connectivity index is 2.09. The van der Waals surface area contributed by atoms with Crippen molar-refractivity contribution in [1.82, 2.24) is 5.32 Å². The van der Waals surface area contributed by atoms with Gasteiger partial charge in [-0.25, -0.2) is 13.6 Å². The quantitative estimate of drug-likeness (QED) is 0.885. The van der Waals surface area contributed by atoms with Gasteiger partial charge < -0.3 is 5.32 Å². The molecule has 1 aromatic rings. The smallest absolute Gasteiger partial charge is 0.251 e. The van der Waals surface area contributed by atoms with Crippen molar-refractivity contribution in [2.75, 3.05) is 0 Å². The molecule has 1 fully saturated rings. The Bertz CT molecular complexity index is 592. The summed E-state index contributed by atoms with van der Waals surface area (Å²) in [4.78, 5) is 12.1. The van der Waals surface area contributed by atoms with Crippen LogP contribution in [0.3, 0.4) is 0 Å².